The summed E-state index contributed by atoms with van der Waals surface area (Å²) in [5.74, 6) is 1.22. The first kappa shape index (κ1) is 20.4. The zero-order valence-corrected chi connectivity index (χ0v) is 18.0. The molecule has 1 N–H and O–H groups in total. The van der Waals surface area contributed by atoms with Crippen LogP contribution in [-0.4, -0.2) is 24.3 Å². The molecule has 0 heterocycles. The third-order valence-electron chi connectivity index (χ3n) is 8.56. The van der Waals surface area contributed by atoms with Gasteiger partial charge in [-0.1, -0.05) is 25.5 Å². The smallest absolute Gasteiger partial charge is 0.302 e. The number of carbonyl (C=O) groups is 3. The fourth-order valence-corrected chi connectivity index (χ4v) is 7.18. The molecule has 2 fully saturated rings. The lowest BCUT2D eigenvalue weighted by Gasteiger charge is -2.57. The van der Waals surface area contributed by atoms with E-state index in [4.69, 9.17) is 4.74 Å². The zero-order valence-electron chi connectivity index (χ0n) is 18.0. The Morgan fingerprint density at radius 2 is 1.83 bits per heavy atom. The summed E-state index contributed by atoms with van der Waals surface area (Å²) in [7, 11) is 0. The minimum atomic E-state index is -0.190. The van der Waals surface area contributed by atoms with Crippen molar-refractivity contribution in [3.05, 3.63) is 22.9 Å². The summed E-state index contributed by atoms with van der Waals surface area (Å²) in [5, 5.41) is 3.01. The maximum Gasteiger partial charge on any atom is 0.302 e. The number of allylic oxidation sites excluding steroid dienone is 3. The van der Waals surface area contributed by atoms with Crippen molar-refractivity contribution in [2.75, 3.05) is 0 Å². The predicted octanol–water partition coefficient (Wildman–Crippen LogP) is 4.08. The van der Waals surface area contributed by atoms with Gasteiger partial charge in [-0.15, -0.1) is 0 Å². The third-order valence-corrected chi connectivity index (χ3v) is 8.56. The normalized spacial score (nSPS) is 40.9. The van der Waals surface area contributed by atoms with Crippen LogP contribution < -0.4 is 5.32 Å². The van der Waals surface area contributed by atoms with Crippen LogP contribution in [0, 0.1) is 28.6 Å². The number of amides is 1. The van der Waals surface area contributed by atoms with Gasteiger partial charge in [-0.25, -0.2) is 0 Å². The van der Waals surface area contributed by atoms with Gasteiger partial charge in [0.15, 0.2) is 0 Å². The number of hydrogen-bond acceptors (Lipinski definition) is 4. The highest BCUT2D eigenvalue weighted by Crippen LogP contribution is 2.65. The lowest BCUT2D eigenvalue weighted by Crippen LogP contribution is -2.51. The van der Waals surface area contributed by atoms with Crippen molar-refractivity contribution in [1.29, 1.82) is 0 Å². The molecule has 5 heteroatoms. The topological polar surface area (TPSA) is 72.5 Å². The highest BCUT2D eigenvalue weighted by Gasteiger charge is 2.58. The molecule has 3 unspecified atom stereocenters. The van der Waals surface area contributed by atoms with E-state index in [1.54, 1.807) is 0 Å². The van der Waals surface area contributed by atoms with Gasteiger partial charge in [0.25, 0.3) is 0 Å². The van der Waals surface area contributed by atoms with Crippen LogP contribution in [0.5, 0.6) is 0 Å². The second-order valence-corrected chi connectivity index (χ2v) is 10.1. The molecule has 0 aromatic carbocycles. The summed E-state index contributed by atoms with van der Waals surface area (Å²) < 4.78 is 5.52. The Hall–Kier alpha value is -1.91. The Labute approximate surface area is 173 Å². The van der Waals surface area contributed by atoms with Gasteiger partial charge in [0.1, 0.15) is 12.4 Å². The van der Waals surface area contributed by atoms with E-state index in [1.165, 1.54) is 19.4 Å². The van der Waals surface area contributed by atoms with Crippen molar-refractivity contribution in [2.45, 2.75) is 78.7 Å². The first-order valence-corrected chi connectivity index (χ1v) is 11.0. The van der Waals surface area contributed by atoms with Gasteiger partial charge < -0.3 is 10.1 Å². The molecule has 0 saturated heterocycles. The van der Waals surface area contributed by atoms with Crippen molar-refractivity contribution in [3.8, 4) is 0 Å². The average molecular weight is 400 g/mol. The molecule has 158 valence electrons. The van der Waals surface area contributed by atoms with E-state index in [1.807, 2.05) is 0 Å². The van der Waals surface area contributed by atoms with Crippen molar-refractivity contribution in [3.63, 3.8) is 0 Å². The van der Waals surface area contributed by atoms with Crippen molar-refractivity contribution in [2.24, 2.45) is 28.6 Å². The monoisotopic (exact) mass is 399 g/mol. The molecule has 1 amide bonds. The van der Waals surface area contributed by atoms with Crippen LogP contribution in [0.3, 0.4) is 0 Å². The summed E-state index contributed by atoms with van der Waals surface area (Å²) in [4.78, 5) is 35.0. The van der Waals surface area contributed by atoms with Gasteiger partial charge in [0, 0.05) is 37.0 Å². The van der Waals surface area contributed by atoms with Crippen molar-refractivity contribution in [1.82, 2.24) is 5.32 Å². The summed E-state index contributed by atoms with van der Waals surface area (Å²) in [6.07, 6.45) is 10.1. The Balaban J connectivity index is 1.61. The van der Waals surface area contributed by atoms with Gasteiger partial charge in [-0.05, 0) is 61.7 Å². The van der Waals surface area contributed by atoms with E-state index in [-0.39, 0.29) is 28.8 Å². The van der Waals surface area contributed by atoms with Gasteiger partial charge in [-0.2, -0.15) is 0 Å². The summed E-state index contributed by atoms with van der Waals surface area (Å²) >= 11 is 0. The highest BCUT2D eigenvalue weighted by molar-refractivity contribution is 5.81. The number of rotatable bonds is 3. The van der Waals surface area contributed by atoms with E-state index in [2.05, 4.69) is 25.2 Å². The van der Waals surface area contributed by atoms with Gasteiger partial charge >= 0.3 is 5.97 Å². The van der Waals surface area contributed by atoms with E-state index >= 15 is 0 Å². The number of ether oxygens (including phenoxy) is 1. The Morgan fingerprint density at radius 1 is 1.10 bits per heavy atom. The van der Waals surface area contributed by atoms with Crippen LogP contribution in [-0.2, 0) is 19.1 Å². The van der Waals surface area contributed by atoms with Crippen molar-refractivity contribution < 1.29 is 19.1 Å². The molecule has 0 aromatic rings. The van der Waals surface area contributed by atoms with E-state index in [0.29, 0.717) is 17.8 Å². The Morgan fingerprint density at radius 3 is 2.48 bits per heavy atom. The second-order valence-electron chi connectivity index (χ2n) is 10.1. The molecule has 29 heavy (non-hydrogen) atoms. The van der Waals surface area contributed by atoms with Crippen LogP contribution in [0.1, 0.15) is 72.6 Å². The van der Waals surface area contributed by atoms with Gasteiger partial charge in [0.05, 0.1) is 0 Å². The molecule has 2 saturated carbocycles. The molecular weight excluding hydrogens is 366 g/mol. The van der Waals surface area contributed by atoms with Crippen LogP contribution in [0.15, 0.2) is 22.9 Å². The van der Waals surface area contributed by atoms with E-state index in [0.717, 1.165) is 62.5 Å². The summed E-state index contributed by atoms with van der Waals surface area (Å²) in [5.41, 5.74) is 3.15. The minimum Gasteiger partial charge on any atom is -0.462 e. The average Bonchev–Trinajstić information content (AvgIpc) is 2.93. The van der Waals surface area contributed by atoms with Crippen LogP contribution >= 0.6 is 0 Å². The van der Waals surface area contributed by atoms with E-state index < -0.39 is 0 Å². The molecule has 0 aliphatic heterocycles. The molecule has 0 aromatic heterocycles. The van der Waals surface area contributed by atoms with Crippen LogP contribution in [0.25, 0.3) is 0 Å². The lowest BCUT2D eigenvalue weighted by atomic mass is 9.48. The summed E-state index contributed by atoms with van der Waals surface area (Å²) in [6.45, 7) is 7.66. The lowest BCUT2D eigenvalue weighted by molar-refractivity contribution is -0.148. The first-order valence-electron chi connectivity index (χ1n) is 11.0. The molecule has 4 aliphatic rings. The second kappa shape index (κ2) is 7.10. The van der Waals surface area contributed by atoms with E-state index in [9.17, 15) is 14.4 Å². The van der Waals surface area contributed by atoms with Gasteiger partial charge in [-0.3, -0.25) is 14.4 Å². The largest absolute Gasteiger partial charge is 0.462 e. The molecule has 0 spiro atoms. The molecule has 4 aliphatic carbocycles. The fourth-order valence-electron chi connectivity index (χ4n) is 7.18. The molecular formula is C24H33NO4. The first-order chi connectivity index (χ1) is 13.7. The molecule has 0 radical (unpaired) electrons. The fraction of sp³-hybridized carbons (Fsp3) is 0.708. The highest BCUT2D eigenvalue weighted by atomic mass is 16.5. The Kier molecular flexibility index (Phi) is 4.99. The zero-order chi connectivity index (χ0) is 21.0. The third kappa shape index (κ3) is 3.17. The number of fused-ring (bicyclic) bond motifs is 5. The van der Waals surface area contributed by atoms with Crippen LogP contribution in [0.4, 0.5) is 0 Å². The number of esters is 1. The number of carbonyl (C=O) groups excluding carboxylic acids is 3. The maximum absolute atomic E-state index is 11.8. The molecule has 4 rings (SSSR count). The predicted molar refractivity (Wildman–Crippen MR) is 110 cm³/mol. The SMILES string of the molecule is CC(=O)NC1=C(C=O)CC2C3CC=C4C[C@@H](OC(C)=O)CC[C@]4(C)C3CC[C@]12C. The summed E-state index contributed by atoms with van der Waals surface area (Å²) in [6, 6.07) is 0. The van der Waals surface area contributed by atoms with Crippen molar-refractivity contribution >= 4 is 18.2 Å². The number of hydrogen-bond donors (Lipinski definition) is 1. The molecule has 5 nitrogen and oxygen atoms in total. The minimum absolute atomic E-state index is 0.0124. The Bertz CT molecular complexity index is 812. The maximum atomic E-state index is 11.8. The number of aldehydes is 1. The van der Waals surface area contributed by atoms with Gasteiger partial charge in [0.2, 0.25) is 5.91 Å². The number of nitrogens with one attached hydrogen (secondary N) is 1. The standard InChI is InChI=1S/C24H33NO4/c1-14(27)25-22-16(13-26)11-21-19-6-5-17-12-18(29-15(2)28)7-9-23(17,3)20(19)8-10-24(21,22)4/h5,13,18-21H,6-12H2,1-4H3,(H,25,27)/t18-,19?,20?,21?,23-,24-/m0/s1. The van der Waals surface area contributed by atoms with Crippen LogP contribution in [0.2, 0.25) is 0 Å². The molecule has 6 atom stereocenters. The quantitative estimate of drug-likeness (QED) is 0.441. The molecule has 0 bridgehead atoms.